The smallest absolute Gasteiger partial charge is 0.273 e. The van der Waals surface area contributed by atoms with E-state index in [1.807, 2.05) is 11.8 Å². The molecule has 11 heteroatoms. The van der Waals surface area contributed by atoms with Gasteiger partial charge in [-0.05, 0) is 37.5 Å². The Hall–Kier alpha value is -2.98. The molecule has 3 aromatic rings. The summed E-state index contributed by atoms with van der Waals surface area (Å²) in [7, 11) is 0. The van der Waals surface area contributed by atoms with E-state index in [2.05, 4.69) is 20.6 Å². The predicted molar refractivity (Wildman–Crippen MR) is 130 cm³/mol. The molecule has 1 unspecified atom stereocenters. The van der Waals surface area contributed by atoms with E-state index in [0.717, 1.165) is 25.8 Å². The molecule has 2 amide bonds. The molecule has 174 valence electrons. The van der Waals surface area contributed by atoms with Crippen molar-refractivity contribution in [2.75, 3.05) is 29.9 Å². The van der Waals surface area contributed by atoms with Gasteiger partial charge in [0, 0.05) is 30.3 Å². The lowest BCUT2D eigenvalue weighted by Crippen LogP contribution is -2.43. The summed E-state index contributed by atoms with van der Waals surface area (Å²) >= 11 is 7.19. The number of aromatic nitrogens is 3. The fourth-order valence-electron chi connectivity index (χ4n) is 3.76. The number of amides is 2. The molecule has 3 heterocycles. The minimum Gasteiger partial charge on any atom is -0.356 e. The van der Waals surface area contributed by atoms with Gasteiger partial charge in [-0.1, -0.05) is 35.9 Å². The summed E-state index contributed by atoms with van der Waals surface area (Å²) < 4.78 is 1.65. The first-order chi connectivity index (χ1) is 15.9. The van der Waals surface area contributed by atoms with Crippen molar-refractivity contribution in [2.45, 2.75) is 32.7 Å². The van der Waals surface area contributed by atoms with E-state index in [0.29, 0.717) is 39.3 Å². The molecule has 33 heavy (non-hydrogen) atoms. The summed E-state index contributed by atoms with van der Waals surface area (Å²) in [4.78, 5) is 48.6. The maximum absolute atomic E-state index is 13.0. The second-order valence-corrected chi connectivity index (χ2v) is 9.38. The highest BCUT2D eigenvalue weighted by Gasteiger charge is 2.27. The van der Waals surface area contributed by atoms with E-state index in [1.165, 1.54) is 22.2 Å². The number of thiazole rings is 1. The molecule has 0 aliphatic carbocycles. The number of halogens is 1. The van der Waals surface area contributed by atoms with Crippen LogP contribution in [0, 0.1) is 5.92 Å². The van der Waals surface area contributed by atoms with Crippen LogP contribution in [0.4, 0.5) is 10.8 Å². The third-order valence-electron chi connectivity index (χ3n) is 5.41. The zero-order valence-electron chi connectivity index (χ0n) is 18.2. The number of nitrogens with one attached hydrogen (secondary N) is 2. The van der Waals surface area contributed by atoms with Crippen LogP contribution in [0.1, 0.15) is 26.2 Å². The molecule has 0 saturated carbocycles. The summed E-state index contributed by atoms with van der Waals surface area (Å²) in [5.41, 5.74) is 0.584. The van der Waals surface area contributed by atoms with Crippen LogP contribution in [0.15, 0.2) is 35.4 Å². The van der Waals surface area contributed by atoms with Gasteiger partial charge in [-0.25, -0.2) is 4.98 Å². The van der Waals surface area contributed by atoms with Gasteiger partial charge in [0.2, 0.25) is 11.8 Å². The van der Waals surface area contributed by atoms with Crippen molar-refractivity contribution in [3.63, 3.8) is 0 Å². The minimum absolute atomic E-state index is 0.0638. The number of benzene rings is 1. The Kier molecular flexibility index (Phi) is 7.24. The lowest BCUT2D eigenvalue weighted by atomic mass is 9.97. The number of fused-ring (bicyclic) bond motifs is 1. The van der Waals surface area contributed by atoms with Crippen molar-refractivity contribution in [3.8, 4) is 0 Å². The van der Waals surface area contributed by atoms with Gasteiger partial charge in [0.15, 0.2) is 10.8 Å². The van der Waals surface area contributed by atoms with Crippen LogP contribution >= 0.6 is 22.9 Å². The molecule has 4 rings (SSSR count). The molecule has 2 N–H and O–H groups in total. The summed E-state index contributed by atoms with van der Waals surface area (Å²) in [5, 5.41) is 6.86. The minimum atomic E-state index is -0.359. The number of piperidine rings is 1. The predicted octanol–water partition coefficient (Wildman–Crippen LogP) is 2.89. The maximum Gasteiger partial charge on any atom is 0.273 e. The van der Waals surface area contributed by atoms with Crippen LogP contribution < -0.4 is 21.1 Å². The zero-order chi connectivity index (χ0) is 23.4. The summed E-state index contributed by atoms with van der Waals surface area (Å²) in [6.07, 6.45) is 3.95. The van der Waals surface area contributed by atoms with Gasteiger partial charge in [-0.15, -0.1) is 0 Å². The van der Waals surface area contributed by atoms with E-state index in [4.69, 9.17) is 11.6 Å². The SMILES string of the molecule is CCCNC(=O)C1CCCN(c2nc3ncn(CC(=O)Nc4cccc(Cl)c4)c(=O)c3s2)C1. The summed E-state index contributed by atoms with van der Waals surface area (Å²) in [6.45, 7) is 3.85. The molecule has 0 spiro atoms. The Labute approximate surface area is 199 Å². The van der Waals surface area contributed by atoms with Crippen molar-refractivity contribution >= 4 is 55.9 Å². The van der Waals surface area contributed by atoms with Crippen molar-refractivity contribution < 1.29 is 9.59 Å². The first-order valence-electron chi connectivity index (χ1n) is 10.9. The van der Waals surface area contributed by atoms with Crippen LogP contribution in [0.5, 0.6) is 0 Å². The molecule has 2 aromatic heterocycles. The summed E-state index contributed by atoms with van der Waals surface area (Å²) in [5.74, 6) is -0.395. The molecule has 1 aromatic carbocycles. The van der Waals surface area contributed by atoms with Gasteiger partial charge in [-0.2, -0.15) is 4.98 Å². The number of carbonyl (C=O) groups excluding carboxylic acids is 2. The Balaban J connectivity index is 1.48. The quantitative estimate of drug-likeness (QED) is 0.529. The van der Waals surface area contributed by atoms with Crippen LogP contribution in [0.3, 0.4) is 0 Å². The van der Waals surface area contributed by atoms with Crippen molar-refractivity contribution in [1.82, 2.24) is 19.9 Å². The van der Waals surface area contributed by atoms with Gasteiger partial charge in [-0.3, -0.25) is 19.0 Å². The average Bonchev–Trinajstić information content (AvgIpc) is 3.25. The van der Waals surface area contributed by atoms with Crippen LogP contribution in [-0.4, -0.2) is 46.0 Å². The second kappa shape index (κ2) is 10.3. The first kappa shape index (κ1) is 23.2. The van der Waals surface area contributed by atoms with Gasteiger partial charge < -0.3 is 15.5 Å². The average molecular weight is 489 g/mol. The van der Waals surface area contributed by atoms with Gasteiger partial charge in [0.1, 0.15) is 17.6 Å². The molecule has 1 atom stereocenters. The highest BCUT2D eigenvalue weighted by molar-refractivity contribution is 7.22. The van der Waals surface area contributed by atoms with Gasteiger partial charge >= 0.3 is 0 Å². The number of hydrogen-bond acceptors (Lipinski definition) is 7. The monoisotopic (exact) mass is 488 g/mol. The number of nitrogens with zero attached hydrogens (tertiary/aromatic N) is 4. The zero-order valence-corrected chi connectivity index (χ0v) is 19.8. The molecule has 1 fully saturated rings. The van der Waals surface area contributed by atoms with E-state index in [1.54, 1.807) is 24.3 Å². The highest BCUT2D eigenvalue weighted by atomic mass is 35.5. The van der Waals surface area contributed by atoms with E-state index in [-0.39, 0.29) is 29.8 Å². The van der Waals surface area contributed by atoms with E-state index in [9.17, 15) is 14.4 Å². The lowest BCUT2D eigenvalue weighted by Gasteiger charge is -2.31. The number of rotatable bonds is 7. The van der Waals surface area contributed by atoms with E-state index < -0.39 is 0 Å². The number of anilines is 2. The van der Waals surface area contributed by atoms with Crippen molar-refractivity contribution in [2.24, 2.45) is 5.92 Å². The molecule has 1 saturated heterocycles. The van der Waals surface area contributed by atoms with Gasteiger partial charge in [0.05, 0.1) is 5.92 Å². The molecule has 9 nitrogen and oxygen atoms in total. The standard InChI is InChI=1S/C22H25ClN6O3S/c1-2-8-24-20(31)14-5-4-9-28(11-14)22-27-19-18(33-22)21(32)29(13-25-19)12-17(30)26-16-7-3-6-15(23)10-16/h3,6-7,10,13-14H,2,4-5,8-9,11-12H2,1H3,(H,24,31)(H,26,30). The molecular weight excluding hydrogens is 464 g/mol. The Morgan fingerprint density at radius 3 is 2.97 bits per heavy atom. The number of hydrogen-bond donors (Lipinski definition) is 2. The first-order valence-corrected chi connectivity index (χ1v) is 12.1. The number of carbonyl (C=O) groups is 2. The van der Waals surface area contributed by atoms with Crippen LogP contribution in [0.2, 0.25) is 5.02 Å². The molecule has 0 bridgehead atoms. The topological polar surface area (TPSA) is 109 Å². The molecule has 0 radical (unpaired) electrons. The van der Waals surface area contributed by atoms with Gasteiger partial charge in [0.25, 0.3) is 5.56 Å². The fraction of sp³-hybridized carbons (Fsp3) is 0.409. The van der Waals surface area contributed by atoms with Crippen molar-refractivity contribution in [3.05, 3.63) is 46.0 Å². The largest absolute Gasteiger partial charge is 0.356 e. The Morgan fingerprint density at radius 1 is 1.33 bits per heavy atom. The second-order valence-electron chi connectivity index (χ2n) is 7.96. The van der Waals surface area contributed by atoms with Crippen LogP contribution in [0.25, 0.3) is 10.3 Å². The highest BCUT2D eigenvalue weighted by Crippen LogP contribution is 2.29. The summed E-state index contributed by atoms with van der Waals surface area (Å²) in [6, 6.07) is 6.80. The third-order valence-corrected chi connectivity index (χ3v) is 6.74. The normalized spacial score (nSPS) is 16.1. The Bertz CT molecular complexity index is 1230. The van der Waals surface area contributed by atoms with Crippen molar-refractivity contribution in [1.29, 1.82) is 0 Å². The third kappa shape index (κ3) is 5.51. The van der Waals surface area contributed by atoms with E-state index >= 15 is 0 Å². The molecule has 1 aliphatic rings. The van der Waals surface area contributed by atoms with Crippen LogP contribution in [-0.2, 0) is 16.1 Å². The lowest BCUT2D eigenvalue weighted by molar-refractivity contribution is -0.125. The fourth-order valence-corrected chi connectivity index (χ4v) is 4.96. The Morgan fingerprint density at radius 2 is 2.18 bits per heavy atom. The molecular formula is C22H25ClN6O3S. The molecule has 1 aliphatic heterocycles. The maximum atomic E-state index is 13.0.